The highest BCUT2D eigenvalue weighted by Gasteiger charge is 2.08. The SMILES string of the molecule is c1cnc2cc(-c3nc(-c4ccsc4)cs3)ccc2n1. The Morgan fingerprint density at radius 1 is 0.850 bits per heavy atom. The van der Waals surface area contributed by atoms with Crippen LogP contribution >= 0.6 is 22.7 Å². The van der Waals surface area contributed by atoms with E-state index in [1.807, 2.05) is 18.2 Å². The van der Waals surface area contributed by atoms with Gasteiger partial charge in [0.1, 0.15) is 5.01 Å². The van der Waals surface area contributed by atoms with Gasteiger partial charge in [-0.2, -0.15) is 11.3 Å². The number of nitrogens with zero attached hydrogens (tertiary/aromatic N) is 3. The first kappa shape index (κ1) is 11.7. The molecule has 0 fully saturated rings. The number of benzene rings is 1. The maximum atomic E-state index is 4.71. The zero-order valence-electron chi connectivity index (χ0n) is 10.4. The third-order valence-electron chi connectivity index (χ3n) is 3.04. The topological polar surface area (TPSA) is 38.7 Å². The molecule has 96 valence electrons. The molecule has 3 heterocycles. The number of hydrogen-bond donors (Lipinski definition) is 0. The van der Waals surface area contributed by atoms with E-state index in [0.29, 0.717) is 0 Å². The van der Waals surface area contributed by atoms with Crippen molar-refractivity contribution in [3.05, 3.63) is 52.8 Å². The van der Waals surface area contributed by atoms with Crippen LogP contribution in [0.15, 0.2) is 52.8 Å². The Morgan fingerprint density at radius 3 is 2.60 bits per heavy atom. The molecule has 0 aliphatic rings. The van der Waals surface area contributed by atoms with Crippen molar-refractivity contribution in [1.82, 2.24) is 15.0 Å². The van der Waals surface area contributed by atoms with Crippen molar-refractivity contribution in [3.63, 3.8) is 0 Å². The highest BCUT2D eigenvalue weighted by atomic mass is 32.1. The summed E-state index contributed by atoms with van der Waals surface area (Å²) in [4.78, 5) is 13.3. The van der Waals surface area contributed by atoms with Crippen molar-refractivity contribution < 1.29 is 0 Å². The minimum atomic E-state index is 0.900. The summed E-state index contributed by atoms with van der Waals surface area (Å²) in [5.74, 6) is 0. The van der Waals surface area contributed by atoms with E-state index < -0.39 is 0 Å². The molecule has 4 aromatic rings. The van der Waals surface area contributed by atoms with Crippen molar-refractivity contribution in [3.8, 4) is 21.8 Å². The van der Waals surface area contributed by atoms with E-state index in [1.54, 1.807) is 35.1 Å². The molecule has 0 aliphatic carbocycles. The molecule has 0 N–H and O–H groups in total. The summed E-state index contributed by atoms with van der Waals surface area (Å²) in [6.45, 7) is 0. The lowest BCUT2D eigenvalue weighted by atomic mass is 10.2. The molecule has 4 rings (SSSR count). The van der Waals surface area contributed by atoms with Gasteiger partial charge in [-0.25, -0.2) is 4.98 Å². The monoisotopic (exact) mass is 295 g/mol. The van der Waals surface area contributed by atoms with E-state index in [1.165, 1.54) is 5.56 Å². The van der Waals surface area contributed by atoms with Gasteiger partial charge in [-0.3, -0.25) is 9.97 Å². The van der Waals surface area contributed by atoms with Crippen LogP contribution in [0, 0.1) is 0 Å². The lowest BCUT2D eigenvalue weighted by molar-refractivity contribution is 1.29. The Kier molecular flexibility index (Phi) is 2.79. The number of thiophene rings is 1. The maximum Gasteiger partial charge on any atom is 0.124 e. The smallest absolute Gasteiger partial charge is 0.124 e. The molecular weight excluding hydrogens is 286 g/mol. The Balaban J connectivity index is 1.79. The summed E-state index contributed by atoms with van der Waals surface area (Å²) in [7, 11) is 0. The molecule has 0 bridgehead atoms. The summed E-state index contributed by atoms with van der Waals surface area (Å²) >= 11 is 3.34. The van der Waals surface area contributed by atoms with Gasteiger partial charge < -0.3 is 0 Å². The molecular formula is C15H9N3S2. The minimum absolute atomic E-state index is 0.900. The van der Waals surface area contributed by atoms with Gasteiger partial charge in [-0.05, 0) is 29.6 Å². The van der Waals surface area contributed by atoms with Crippen LogP contribution in [0.2, 0.25) is 0 Å². The van der Waals surface area contributed by atoms with Crippen LogP contribution in [0.5, 0.6) is 0 Å². The lowest BCUT2D eigenvalue weighted by Gasteiger charge is -1.99. The summed E-state index contributed by atoms with van der Waals surface area (Å²) in [5, 5.41) is 7.29. The molecule has 3 nitrogen and oxygen atoms in total. The van der Waals surface area contributed by atoms with Crippen molar-refractivity contribution in [1.29, 1.82) is 0 Å². The average molecular weight is 295 g/mol. The lowest BCUT2D eigenvalue weighted by Crippen LogP contribution is -1.83. The molecule has 0 unspecified atom stereocenters. The fraction of sp³-hybridized carbons (Fsp3) is 0. The van der Waals surface area contributed by atoms with Gasteiger partial charge in [0.2, 0.25) is 0 Å². The third-order valence-corrected chi connectivity index (χ3v) is 4.61. The first-order chi connectivity index (χ1) is 9.90. The standard InChI is InChI=1S/C15H9N3S2/c1-2-12-13(17-5-4-16-12)7-10(1)15-18-14(9-20-15)11-3-6-19-8-11/h1-9H. The number of aromatic nitrogens is 3. The van der Waals surface area contributed by atoms with Gasteiger partial charge >= 0.3 is 0 Å². The van der Waals surface area contributed by atoms with E-state index in [9.17, 15) is 0 Å². The summed E-state index contributed by atoms with van der Waals surface area (Å²) in [6, 6.07) is 8.17. The van der Waals surface area contributed by atoms with E-state index >= 15 is 0 Å². The first-order valence-electron chi connectivity index (χ1n) is 6.09. The molecule has 1 aromatic carbocycles. The highest BCUT2D eigenvalue weighted by molar-refractivity contribution is 7.13. The second-order valence-corrected chi connectivity index (χ2v) is 5.95. The zero-order valence-corrected chi connectivity index (χ0v) is 12.0. The minimum Gasteiger partial charge on any atom is -0.253 e. The normalized spacial score (nSPS) is 11.0. The first-order valence-corrected chi connectivity index (χ1v) is 7.92. The predicted molar refractivity (Wildman–Crippen MR) is 84.0 cm³/mol. The molecule has 0 atom stereocenters. The highest BCUT2D eigenvalue weighted by Crippen LogP contribution is 2.30. The van der Waals surface area contributed by atoms with E-state index in [0.717, 1.165) is 27.3 Å². The van der Waals surface area contributed by atoms with Crippen LogP contribution in [0.1, 0.15) is 0 Å². The Labute approximate surface area is 123 Å². The molecule has 0 saturated heterocycles. The van der Waals surface area contributed by atoms with Crippen molar-refractivity contribution in [2.75, 3.05) is 0 Å². The van der Waals surface area contributed by atoms with Gasteiger partial charge in [0.15, 0.2) is 0 Å². The molecule has 20 heavy (non-hydrogen) atoms. The Morgan fingerprint density at radius 2 is 1.75 bits per heavy atom. The second-order valence-electron chi connectivity index (χ2n) is 4.31. The van der Waals surface area contributed by atoms with Gasteiger partial charge in [-0.15, -0.1) is 11.3 Å². The van der Waals surface area contributed by atoms with Crippen molar-refractivity contribution in [2.24, 2.45) is 0 Å². The molecule has 0 spiro atoms. The number of hydrogen-bond acceptors (Lipinski definition) is 5. The fourth-order valence-corrected chi connectivity index (χ4v) is 3.52. The number of thiazole rings is 1. The van der Waals surface area contributed by atoms with Crippen molar-refractivity contribution >= 4 is 33.7 Å². The van der Waals surface area contributed by atoms with Crippen LogP contribution in [-0.4, -0.2) is 15.0 Å². The van der Waals surface area contributed by atoms with Crippen LogP contribution in [-0.2, 0) is 0 Å². The Bertz CT molecular complexity index is 866. The zero-order chi connectivity index (χ0) is 13.4. The largest absolute Gasteiger partial charge is 0.253 e. The second kappa shape index (κ2) is 4.77. The van der Waals surface area contributed by atoms with E-state index in [-0.39, 0.29) is 0 Å². The number of fused-ring (bicyclic) bond motifs is 1. The molecule has 0 aliphatic heterocycles. The van der Waals surface area contributed by atoms with Crippen LogP contribution in [0.25, 0.3) is 32.9 Å². The van der Waals surface area contributed by atoms with Crippen LogP contribution < -0.4 is 0 Å². The van der Waals surface area contributed by atoms with Gasteiger partial charge in [0.25, 0.3) is 0 Å². The van der Waals surface area contributed by atoms with E-state index in [4.69, 9.17) is 4.98 Å². The van der Waals surface area contributed by atoms with Crippen LogP contribution in [0.3, 0.4) is 0 Å². The molecule has 0 amide bonds. The third kappa shape index (κ3) is 2.01. The number of rotatable bonds is 2. The molecule has 0 saturated carbocycles. The predicted octanol–water partition coefficient (Wildman–Crippen LogP) is 4.48. The molecule has 3 aromatic heterocycles. The maximum absolute atomic E-state index is 4.71. The van der Waals surface area contributed by atoms with Crippen LogP contribution in [0.4, 0.5) is 0 Å². The van der Waals surface area contributed by atoms with Crippen molar-refractivity contribution in [2.45, 2.75) is 0 Å². The molecule has 0 radical (unpaired) electrons. The van der Waals surface area contributed by atoms with Gasteiger partial charge in [0.05, 0.1) is 16.7 Å². The van der Waals surface area contributed by atoms with E-state index in [2.05, 4.69) is 32.2 Å². The fourth-order valence-electron chi connectivity index (χ4n) is 2.05. The summed E-state index contributed by atoms with van der Waals surface area (Å²) < 4.78 is 0. The van der Waals surface area contributed by atoms with Gasteiger partial charge in [0, 0.05) is 34.3 Å². The summed E-state index contributed by atoms with van der Waals surface area (Å²) in [6.07, 6.45) is 3.42. The van der Waals surface area contributed by atoms with Gasteiger partial charge in [-0.1, -0.05) is 0 Å². The average Bonchev–Trinajstić information content (AvgIpc) is 3.17. The quantitative estimate of drug-likeness (QED) is 0.547. The Hall–Kier alpha value is -2.11. The molecule has 5 heteroatoms. The summed E-state index contributed by atoms with van der Waals surface area (Å²) in [5.41, 5.74) is 5.11.